The molecule has 3 N–H and O–H groups in total. The lowest BCUT2D eigenvalue weighted by Crippen LogP contribution is -2.41. The van der Waals surface area contributed by atoms with Crippen LogP contribution in [0.15, 0.2) is 54.9 Å². The second-order valence-corrected chi connectivity index (χ2v) is 7.25. The van der Waals surface area contributed by atoms with Gasteiger partial charge in [0.25, 0.3) is 0 Å². The van der Waals surface area contributed by atoms with E-state index in [2.05, 4.69) is 74.1 Å². The third-order valence-corrected chi connectivity index (χ3v) is 5.39. The smallest absolute Gasteiger partial charge is 0.0651 e. The molecule has 0 aliphatic carbocycles. The Kier molecular flexibility index (Phi) is 3.87. The van der Waals surface area contributed by atoms with E-state index in [0.717, 1.165) is 24.0 Å². The maximum absolute atomic E-state index is 4.10. The number of hydrogen-bond acceptors (Lipinski definition) is 3. The maximum atomic E-state index is 4.10. The first-order valence-corrected chi connectivity index (χ1v) is 9.32. The molecular formula is C21H23N5. The molecule has 1 saturated heterocycles. The van der Waals surface area contributed by atoms with Crippen LogP contribution in [0.4, 0.5) is 5.69 Å². The van der Waals surface area contributed by atoms with E-state index in [1.807, 2.05) is 6.20 Å². The number of para-hydroxylation sites is 1. The van der Waals surface area contributed by atoms with Crippen LogP contribution in [0, 0.1) is 0 Å². The molecule has 2 aromatic carbocycles. The lowest BCUT2D eigenvalue weighted by molar-refractivity contribution is 0.209. The van der Waals surface area contributed by atoms with Crippen molar-refractivity contribution in [3.8, 4) is 0 Å². The summed E-state index contributed by atoms with van der Waals surface area (Å²) in [5, 5.41) is 13.3. The minimum Gasteiger partial charge on any atom is -0.381 e. The van der Waals surface area contributed by atoms with Gasteiger partial charge in [0.05, 0.1) is 11.7 Å². The van der Waals surface area contributed by atoms with Crippen LogP contribution in [0.3, 0.4) is 0 Å². The molecule has 1 atom stereocenters. The van der Waals surface area contributed by atoms with Crippen LogP contribution in [0.1, 0.15) is 18.4 Å². The van der Waals surface area contributed by atoms with Crippen LogP contribution in [-0.2, 0) is 6.54 Å². The average molecular weight is 345 g/mol. The van der Waals surface area contributed by atoms with Crippen molar-refractivity contribution < 1.29 is 0 Å². The number of H-pyrrole nitrogens is 2. The lowest BCUT2D eigenvalue weighted by atomic mass is 10.0. The van der Waals surface area contributed by atoms with Crippen molar-refractivity contribution in [1.82, 2.24) is 20.1 Å². The van der Waals surface area contributed by atoms with Gasteiger partial charge in [0.1, 0.15) is 0 Å². The highest BCUT2D eigenvalue weighted by atomic mass is 15.2. The van der Waals surface area contributed by atoms with Gasteiger partial charge in [-0.2, -0.15) is 5.10 Å². The Morgan fingerprint density at radius 2 is 2.12 bits per heavy atom. The van der Waals surface area contributed by atoms with Crippen LogP contribution in [0.5, 0.6) is 0 Å². The predicted octanol–water partition coefficient (Wildman–Crippen LogP) is 4.12. The summed E-state index contributed by atoms with van der Waals surface area (Å²) >= 11 is 0. The third-order valence-electron chi connectivity index (χ3n) is 5.39. The summed E-state index contributed by atoms with van der Waals surface area (Å²) in [5.74, 6) is 0. The number of aromatic nitrogens is 3. The van der Waals surface area contributed by atoms with Crippen molar-refractivity contribution in [2.45, 2.75) is 25.4 Å². The van der Waals surface area contributed by atoms with E-state index in [0.29, 0.717) is 6.04 Å². The molecule has 1 aliphatic rings. The number of aromatic amines is 2. The summed E-state index contributed by atoms with van der Waals surface area (Å²) in [6, 6.07) is 15.4. The molecule has 2 aromatic heterocycles. The van der Waals surface area contributed by atoms with Crippen LogP contribution in [-0.4, -0.2) is 39.2 Å². The van der Waals surface area contributed by atoms with E-state index in [9.17, 15) is 0 Å². The van der Waals surface area contributed by atoms with Gasteiger partial charge in [0, 0.05) is 47.3 Å². The van der Waals surface area contributed by atoms with Gasteiger partial charge in [-0.15, -0.1) is 0 Å². The number of nitrogens with one attached hydrogen (secondary N) is 3. The first-order chi connectivity index (χ1) is 12.8. The van der Waals surface area contributed by atoms with Crippen LogP contribution >= 0.6 is 0 Å². The first kappa shape index (κ1) is 15.5. The van der Waals surface area contributed by atoms with Gasteiger partial charge in [-0.1, -0.05) is 18.2 Å². The Labute approximate surface area is 152 Å². The molecule has 5 rings (SSSR count). The zero-order valence-electron chi connectivity index (χ0n) is 14.7. The largest absolute Gasteiger partial charge is 0.381 e. The number of benzene rings is 2. The summed E-state index contributed by atoms with van der Waals surface area (Å²) < 4.78 is 0. The van der Waals surface area contributed by atoms with Crippen molar-refractivity contribution in [2.75, 3.05) is 18.4 Å². The van der Waals surface area contributed by atoms with Crippen LogP contribution in [0.25, 0.3) is 21.8 Å². The fraction of sp³-hybridized carbons (Fsp3) is 0.286. The van der Waals surface area contributed by atoms with Gasteiger partial charge in [-0.05, 0) is 49.2 Å². The Morgan fingerprint density at radius 1 is 1.15 bits per heavy atom. The van der Waals surface area contributed by atoms with E-state index < -0.39 is 0 Å². The fourth-order valence-electron chi connectivity index (χ4n) is 4.09. The number of nitrogens with zero attached hydrogens (tertiary/aromatic N) is 2. The molecule has 0 saturated carbocycles. The SMILES string of the molecule is c1ccc2c(CN3CCC[C@@H](Nc4ccc5[nH]ncc5c4)C3)c[nH]c2c1. The number of rotatable bonds is 4. The quantitative estimate of drug-likeness (QED) is 0.521. The Hall–Kier alpha value is -2.79. The predicted molar refractivity (Wildman–Crippen MR) is 106 cm³/mol. The molecule has 0 unspecified atom stereocenters. The Bertz CT molecular complexity index is 1030. The third kappa shape index (κ3) is 2.95. The molecular weight excluding hydrogens is 322 g/mol. The summed E-state index contributed by atoms with van der Waals surface area (Å²) in [5.41, 5.74) is 4.88. The van der Waals surface area contributed by atoms with Gasteiger partial charge in [0.15, 0.2) is 0 Å². The number of fused-ring (bicyclic) bond motifs is 2. The van der Waals surface area contributed by atoms with Crippen molar-refractivity contribution in [3.05, 3.63) is 60.4 Å². The molecule has 0 bridgehead atoms. The number of likely N-dealkylation sites (tertiary alicyclic amines) is 1. The van der Waals surface area contributed by atoms with E-state index in [1.54, 1.807) is 0 Å². The molecule has 3 heterocycles. The highest BCUT2D eigenvalue weighted by molar-refractivity contribution is 5.83. The topological polar surface area (TPSA) is 59.7 Å². The van der Waals surface area contributed by atoms with Crippen molar-refractivity contribution in [3.63, 3.8) is 0 Å². The normalized spacial score (nSPS) is 18.5. The zero-order chi connectivity index (χ0) is 17.3. The van der Waals surface area contributed by atoms with Gasteiger partial charge < -0.3 is 10.3 Å². The number of hydrogen-bond donors (Lipinski definition) is 3. The zero-order valence-corrected chi connectivity index (χ0v) is 14.7. The molecule has 4 aromatic rings. The van der Waals surface area contributed by atoms with E-state index >= 15 is 0 Å². The molecule has 1 fully saturated rings. The molecule has 26 heavy (non-hydrogen) atoms. The van der Waals surface area contributed by atoms with Crippen molar-refractivity contribution in [1.29, 1.82) is 0 Å². The first-order valence-electron chi connectivity index (χ1n) is 9.32. The molecule has 0 spiro atoms. The maximum Gasteiger partial charge on any atom is 0.0651 e. The summed E-state index contributed by atoms with van der Waals surface area (Å²) in [6.45, 7) is 3.24. The standard InChI is InChI=1S/C21H23N5/c1-2-6-21-19(5-1)16(11-22-21)13-26-9-3-4-18(14-26)24-17-7-8-20-15(10-17)12-23-25-20/h1-2,5-8,10-12,18,22,24H,3-4,9,13-14H2,(H,23,25)/t18-/m1/s1. The summed E-state index contributed by atoms with van der Waals surface area (Å²) in [7, 11) is 0. The molecule has 0 amide bonds. The number of anilines is 1. The second-order valence-electron chi connectivity index (χ2n) is 7.25. The number of piperidine rings is 1. The van der Waals surface area contributed by atoms with E-state index in [4.69, 9.17) is 0 Å². The van der Waals surface area contributed by atoms with Gasteiger partial charge in [-0.3, -0.25) is 10.00 Å². The molecule has 0 radical (unpaired) electrons. The van der Waals surface area contributed by atoms with Crippen LogP contribution < -0.4 is 5.32 Å². The van der Waals surface area contributed by atoms with E-state index in [-0.39, 0.29) is 0 Å². The van der Waals surface area contributed by atoms with Crippen molar-refractivity contribution >= 4 is 27.5 Å². The highest BCUT2D eigenvalue weighted by Crippen LogP contribution is 2.23. The van der Waals surface area contributed by atoms with E-state index in [1.165, 1.54) is 41.5 Å². The minimum atomic E-state index is 0.485. The summed E-state index contributed by atoms with van der Waals surface area (Å²) in [4.78, 5) is 5.95. The Balaban J connectivity index is 1.28. The fourth-order valence-corrected chi connectivity index (χ4v) is 4.09. The lowest BCUT2D eigenvalue weighted by Gasteiger charge is -2.33. The molecule has 132 valence electrons. The average Bonchev–Trinajstić information content (AvgIpc) is 3.29. The summed E-state index contributed by atoms with van der Waals surface area (Å²) in [6.07, 6.45) is 6.49. The van der Waals surface area contributed by atoms with Gasteiger partial charge in [0.2, 0.25) is 0 Å². The highest BCUT2D eigenvalue weighted by Gasteiger charge is 2.20. The van der Waals surface area contributed by atoms with Crippen LogP contribution in [0.2, 0.25) is 0 Å². The minimum absolute atomic E-state index is 0.485. The Morgan fingerprint density at radius 3 is 3.12 bits per heavy atom. The van der Waals surface area contributed by atoms with Gasteiger partial charge in [-0.25, -0.2) is 0 Å². The second kappa shape index (κ2) is 6.50. The molecule has 5 nitrogen and oxygen atoms in total. The van der Waals surface area contributed by atoms with Gasteiger partial charge >= 0.3 is 0 Å². The van der Waals surface area contributed by atoms with Crippen molar-refractivity contribution in [2.24, 2.45) is 0 Å². The monoisotopic (exact) mass is 345 g/mol. The molecule has 1 aliphatic heterocycles. The molecule has 5 heteroatoms.